The molecule has 1 saturated heterocycles. The minimum absolute atomic E-state index is 0. The van der Waals surface area contributed by atoms with Gasteiger partial charge in [-0.3, -0.25) is 9.89 Å². The van der Waals surface area contributed by atoms with E-state index >= 15 is 0 Å². The molecule has 0 unspecified atom stereocenters. The largest absolute Gasteiger partial charge is 0.496 e. The molecule has 25 heavy (non-hydrogen) atoms. The maximum absolute atomic E-state index is 5.39. The van der Waals surface area contributed by atoms with Crippen LogP contribution in [0.2, 0.25) is 0 Å². The summed E-state index contributed by atoms with van der Waals surface area (Å²) in [5, 5.41) is 6.70. The number of ether oxygens (including phenoxy) is 2. The summed E-state index contributed by atoms with van der Waals surface area (Å²) in [5.74, 6) is 1.81. The van der Waals surface area contributed by atoms with Crippen LogP contribution in [0.15, 0.2) is 29.3 Å². The molecule has 1 fully saturated rings. The van der Waals surface area contributed by atoms with Gasteiger partial charge in [-0.05, 0) is 25.0 Å². The molecule has 0 spiro atoms. The standard InChI is InChI=1S/C18H30N4O2.HI/c1-3-19-18(21-10-11-22-12-14-24-15-13-22)20-9-8-16-6-4-5-7-17(16)23-2;/h4-7H,3,8-15H2,1-2H3,(H2,19,20,21);1H. The van der Waals surface area contributed by atoms with E-state index in [0.29, 0.717) is 0 Å². The van der Waals surface area contributed by atoms with Gasteiger partial charge in [0.15, 0.2) is 5.96 Å². The van der Waals surface area contributed by atoms with Crippen molar-refractivity contribution in [2.75, 3.05) is 59.6 Å². The number of nitrogens with zero attached hydrogens (tertiary/aromatic N) is 2. The Kier molecular flexibility index (Phi) is 11.6. The van der Waals surface area contributed by atoms with E-state index in [4.69, 9.17) is 9.47 Å². The lowest BCUT2D eigenvalue weighted by atomic mass is 10.1. The Morgan fingerprint density at radius 1 is 1.24 bits per heavy atom. The zero-order valence-corrected chi connectivity index (χ0v) is 17.6. The predicted octanol–water partition coefficient (Wildman–Crippen LogP) is 1.74. The van der Waals surface area contributed by atoms with Crippen molar-refractivity contribution in [1.29, 1.82) is 0 Å². The molecule has 6 nitrogen and oxygen atoms in total. The fourth-order valence-electron chi connectivity index (χ4n) is 2.69. The van der Waals surface area contributed by atoms with Gasteiger partial charge in [-0.25, -0.2) is 0 Å². The summed E-state index contributed by atoms with van der Waals surface area (Å²) in [4.78, 5) is 7.06. The van der Waals surface area contributed by atoms with Gasteiger partial charge in [0.2, 0.25) is 0 Å². The number of rotatable bonds is 8. The van der Waals surface area contributed by atoms with Crippen LogP contribution in [0.5, 0.6) is 5.75 Å². The highest BCUT2D eigenvalue weighted by Crippen LogP contribution is 2.17. The van der Waals surface area contributed by atoms with Crippen LogP contribution >= 0.6 is 24.0 Å². The first-order chi connectivity index (χ1) is 11.8. The molecule has 0 atom stereocenters. The van der Waals surface area contributed by atoms with Crippen LogP contribution in [0.25, 0.3) is 0 Å². The van der Waals surface area contributed by atoms with Crippen LogP contribution in [-0.2, 0) is 11.2 Å². The number of halogens is 1. The molecule has 1 aromatic carbocycles. The van der Waals surface area contributed by atoms with Crippen molar-refractivity contribution >= 4 is 29.9 Å². The zero-order valence-electron chi connectivity index (χ0n) is 15.3. The molecule has 142 valence electrons. The average Bonchev–Trinajstić information content (AvgIpc) is 2.63. The van der Waals surface area contributed by atoms with Gasteiger partial charge in [-0.1, -0.05) is 18.2 Å². The molecule has 0 radical (unpaired) electrons. The number of guanidine groups is 1. The second-order valence-electron chi connectivity index (χ2n) is 5.70. The number of hydrogen-bond donors (Lipinski definition) is 2. The van der Waals surface area contributed by atoms with E-state index in [1.54, 1.807) is 7.11 Å². The predicted molar refractivity (Wildman–Crippen MR) is 113 cm³/mol. The van der Waals surface area contributed by atoms with E-state index in [1.165, 1.54) is 5.56 Å². The van der Waals surface area contributed by atoms with Gasteiger partial charge in [0, 0.05) is 32.7 Å². The molecule has 2 N–H and O–H groups in total. The summed E-state index contributed by atoms with van der Waals surface area (Å²) in [5.41, 5.74) is 1.21. The van der Waals surface area contributed by atoms with Gasteiger partial charge in [0.25, 0.3) is 0 Å². The molecule has 1 aromatic rings. The Hall–Kier alpha value is -1.06. The minimum Gasteiger partial charge on any atom is -0.496 e. The number of nitrogens with one attached hydrogen (secondary N) is 2. The second kappa shape index (κ2) is 13.2. The minimum atomic E-state index is 0. The summed E-state index contributed by atoms with van der Waals surface area (Å²) in [6.07, 6.45) is 0.901. The molecular formula is C18H31IN4O2. The van der Waals surface area contributed by atoms with E-state index in [-0.39, 0.29) is 24.0 Å². The maximum atomic E-state index is 5.39. The van der Waals surface area contributed by atoms with Crippen molar-refractivity contribution in [2.45, 2.75) is 13.3 Å². The topological polar surface area (TPSA) is 58.1 Å². The van der Waals surface area contributed by atoms with Crippen LogP contribution in [0.3, 0.4) is 0 Å². The van der Waals surface area contributed by atoms with E-state index in [2.05, 4.69) is 33.5 Å². The molecule has 1 aliphatic rings. The summed E-state index contributed by atoms with van der Waals surface area (Å²) in [6, 6.07) is 8.13. The fraction of sp³-hybridized carbons (Fsp3) is 0.611. The maximum Gasteiger partial charge on any atom is 0.191 e. The fourth-order valence-corrected chi connectivity index (χ4v) is 2.69. The second-order valence-corrected chi connectivity index (χ2v) is 5.70. The lowest BCUT2D eigenvalue weighted by molar-refractivity contribution is 0.0394. The molecule has 0 saturated carbocycles. The SMILES string of the molecule is CCNC(=NCCN1CCOCC1)NCCc1ccccc1OC.I. The number of methoxy groups -OCH3 is 1. The van der Waals surface area contributed by atoms with Crippen LogP contribution in [0.1, 0.15) is 12.5 Å². The van der Waals surface area contributed by atoms with Crippen molar-refractivity contribution < 1.29 is 9.47 Å². The van der Waals surface area contributed by atoms with Crippen LogP contribution < -0.4 is 15.4 Å². The van der Waals surface area contributed by atoms with Gasteiger partial charge >= 0.3 is 0 Å². The Bertz CT molecular complexity index is 508. The molecule has 0 amide bonds. The van der Waals surface area contributed by atoms with Crippen molar-refractivity contribution in [1.82, 2.24) is 15.5 Å². The molecule has 0 bridgehead atoms. The first kappa shape index (κ1) is 22.0. The molecule has 7 heteroatoms. The van der Waals surface area contributed by atoms with E-state index in [1.807, 2.05) is 18.2 Å². The smallest absolute Gasteiger partial charge is 0.191 e. The molecule has 0 aliphatic carbocycles. The third-order valence-corrected chi connectivity index (χ3v) is 4.01. The number of benzene rings is 1. The lowest BCUT2D eigenvalue weighted by Gasteiger charge is -2.25. The van der Waals surface area contributed by atoms with E-state index in [9.17, 15) is 0 Å². The highest BCUT2D eigenvalue weighted by Gasteiger charge is 2.09. The van der Waals surface area contributed by atoms with Gasteiger partial charge in [0.1, 0.15) is 5.75 Å². The first-order valence-electron chi connectivity index (χ1n) is 8.77. The molecule has 1 aliphatic heterocycles. The van der Waals surface area contributed by atoms with Crippen molar-refractivity contribution in [2.24, 2.45) is 4.99 Å². The average molecular weight is 462 g/mol. The number of para-hydroxylation sites is 1. The Morgan fingerprint density at radius 2 is 2.00 bits per heavy atom. The molecule has 1 heterocycles. The number of aliphatic imine (C=N–C) groups is 1. The zero-order chi connectivity index (χ0) is 17.0. The Balaban J connectivity index is 0.00000312. The molecule has 2 rings (SSSR count). The molecular weight excluding hydrogens is 431 g/mol. The van der Waals surface area contributed by atoms with Crippen molar-refractivity contribution in [3.8, 4) is 5.75 Å². The molecule has 0 aromatic heterocycles. The highest BCUT2D eigenvalue weighted by atomic mass is 127. The third kappa shape index (κ3) is 8.24. The van der Waals surface area contributed by atoms with Crippen molar-refractivity contribution in [3.63, 3.8) is 0 Å². The van der Waals surface area contributed by atoms with E-state index in [0.717, 1.165) is 70.6 Å². The summed E-state index contributed by atoms with van der Waals surface area (Å²) in [7, 11) is 1.71. The summed E-state index contributed by atoms with van der Waals surface area (Å²) >= 11 is 0. The normalized spacial score (nSPS) is 15.4. The number of morpholine rings is 1. The Labute approximate surface area is 168 Å². The lowest BCUT2D eigenvalue weighted by Crippen LogP contribution is -2.40. The van der Waals surface area contributed by atoms with Gasteiger partial charge < -0.3 is 20.1 Å². The summed E-state index contributed by atoms with van der Waals surface area (Å²) in [6.45, 7) is 9.22. The first-order valence-corrected chi connectivity index (χ1v) is 8.77. The Morgan fingerprint density at radius 3 is 2.72 bits per heavy atom. The quantitative estimate of drug-likeness (QED) is 0.350. The van der Waals surface area contributed by atoms with E-state index < -0.39 is 0 Å². The van der Waals surface area contributed by atoms with Gasteiger partial charge in [-0.15, -0.1) is 24.0 Å². The monoisotopic (exact) mass is 462 g/mol. The van der Waals surface area contributed by atoms with Crippen LogP contribution in [-0.4, -0.2) is 70.5 Å². The van der Waals surface area contributed by atoms with Gasteiger partial charge in [-0.2, -0.15) is 0 Å². The number of hydrogen-bond acceptors (Lipinski definition) is 4. The van der Waals surface area contributed by atoms with Gasteiger partial charge in [0.05, 0.1) is 26.9 Å². The van der Waals surface area contributed by atoms with Crippen molar-refractivity contribution in [3.05, 3.63) is 29.8 Å². The van der Waals surface area contributed by atoms with Crippen LogP contribution in [0.4, 0.5) is 0 Å². The summed E-state index contributed by atoms with van der Waals surface area (Å²) < 4.78 is 10.8. The van der Waals surface area contributed by atoms with Crippen LogP contribution in [0, 0.1) is 0 Å². The third-order valence-electron chi connectivity index (χ3n) is 4.01. The highest BCUT2D eigenvalue weighted by molar-refractivity contribution is 14.0.